The molecule has 0 aromatic carbocycles. The lowest BCUT2D eigenvalue weighted by molar-refractivity contribution is 0.0524. The highest BCUT2D eigenvalue weighted by Gasteiger charge is 2.21. The van der Waals surface area contributed by atoms with Gasteiger partial charge in [-0.3, -0.25) is 4.79 Å². The molecule has 0 spiro atoms. The smallest absolute Gasteiger partial charge is 0.339 e. The number of hydrogen-bond donors (Lipinski definition) is 1. The molecular weight excluding hydrogens is 330 g/mol. The first-order valence-electron chi connectivity index (χ1n) is 9.56. The number of pyridine rings is 1. The molecule has 2 atom stereocenters. The van der Waals surface area contributed by atoms with Crippen LogP contribution in [0.25, 0.3) is 0 Å². The SMILES string of the molecule is CCOC(=O)c1ccc(C(=O)NCCCN2CC(C)CC(C)C2)nc1C. The maximum atomic E-state index is 12.3. The third kappa shape index (κ3) is 5.80. The summed E-state index contributed by atoms with van der Waals surface area (Å²) >= 11 is 0. The van der Waals surface area contributed by atoms with Gasteiger partial charge in [-0.15, -0.1) is 0 Å². The van der Waals surface area contributed by atoms with E-state index < -0.39 is 5.97 Å². The van der Waals surface area contributed by atoms with Crippen LogP contribution in [0.15, 0.2) is 12.1 Å². The lowest BCUT2D eigenvalue weighted by Crippen LogP contribution is -2.40. The number of piperidine rings is 1. The van der Waals surface area contributed by atoms with E-state index in [0.29, 0.717) is 30.1 Å². The summed E-state index contributed by atoms with van der Waals surface area (Å²) in [5.74, 6) is 0.884. The van der Waals surface area contributed by atoms with Crippen molar-refractivity contribution in [2.75, 3.05) is 32.8 Å². The van der Waals surface area contributed by atoms with Gasteiger partial charge >= 0.3 is 5.97 Å². The van der Waals surface area contributed by atoms with Crippen LogP contribution in [-0.2, 0) is 4.74 Å². The number of ether oxygens (including phenoxy) is 1. The number of esters is 1. The summed E-state index contributed by atoms with van der Waals surface area (Å²) in [5, 5.41) is 2.92. The first-order valence-corrected chi connectivity index (χ1v) is 9.56. The van der Waals surface area contributed by atoms with Gasteiger partial charge < -0.3 is 15.0 Å². The third-order valence-electron chi connectivity index (χ3n) is 4.69. The molecule has 0 aliphatic carbocycles. The molecule has 2 unspecified atom stereocenters. The predicted octanol–water partition coefficient (Wildman–Crippen LogP) is 2.66. The van der Waals surface area contributed by atoms with Crippen molar-refractivity contribution in [1.29, 1.82) is 0 Å². The molecule has 6 heteroatoms. The fraction of sp³-hybridized carbons (Fsp3) is 0.650. The van der Waals surface area contributed by atoms with Crippen molar-refractivity contribution >= 4 is 11.9 Å². The lowest BCUT2D eigenvalue weighted by atomic mass is 9.92. The zero-order valence-corrected chi connectivity index (χ0v) is 16.4. The Morgan fingerprint density at radius 3 is 2.58 bits per heavy atom. The van der Waals surface area contributed by atoms with E-state index in [1.807, 2.05) is 0 Å². The van der Waals surface area contributed by atoms with Gasteiger partial charge in [0.05, 0.1) is 17.9 Å². The third-order valence-corrected chi connectivity index (χ3v) is 4.69. The molecule has 0 bridgehead atoms. The van der Waals surface area contributed by atoms with Crippen molar-refractivity contribution in [1.82, 2.24) is 15.2 Å². The minimum Gasteiger partial charge on any atom is -0.462 e. The van der Waals surface area contributed by atoms with E-state index in [2.05, 4.69) is 29.0 Å². The van der Waals surface area contributed by atoms with E-state index in [0.717, 1.165) is 37.9 Å². The molecule has 6 nitrogen and oxygen atoms in total. The number of nitrogens with zero attached hydrogens (tertiary/aromatic N) is 2. The molecule has 1 aliphatic heterocycles. The molecule has 0 saturated carbocycles. The normalized spacial score (nSPS) is 20.6. The second kappa shape index (κ2) is 9.67. The summed E-state index contributed by atoms with van der Waals surface area (Å²) in [5.41, 5.74) is 1.24. The number of carbonyl (C=O) groups excluding carboxylic acids is 2. The zero-order valence-electron chi connectivity index (χ0n) is 16.4. The van der Waals surface area contributed by atoms with E-state index in [4.69, 9.17) is 4.74 Å². The van der Waals surface area contributed by atoms with Crippen LogP contribution in [0.1, 0.15) is 60.2 Å². The van der Waals surface area contributed by atoms with Crippen molar-refractivity contribution in [2.45, 2.75) is 40.5 Å². The molecule has 2 rings (SSSR count). The highest BCUT2D eigenvalue weighted by Crippen LogP contribution is 2.20. The summed E-state index contributed by atoms with van der Waals surface area (Å²) in [6, 6.07) is 3.17. The molecule has 1 aromatic heterocycles. The van der Waals surface area contributed by atoms with Crippen LogP contribution in [0, 0.1) is 18.8 Å². The van der Waals surface area contributed by atoms with E-state index in [9.17, 15) is 9.59 Å². The van der Waals surface area contributed by atoms with Crippen LogP contribution in [0.4, 0.5) is 0 Å². The van der Waals surface area contributed by atoms with Crippen LogP contribution in [0.5, 0.6) is 0 Å². The summed E-state index contributed by atoms with van der Waals surface area (Å²) in [6.45, 7) is 12.3. The molecule has 144 valence electrons. The lowest BCUT2D eigenvalue weighted by Gasteiger charge is -2.34. The number of aryl methyl sites for hydroxylation is 1. The minimum atomic E-state index is -0.408. The fourth-order valence-corrected chi connectivity index (χ4v) is 3.68. The minimum absolute atomic E-state index is 0.205. The van der Waals surface area contributed by atoms with E-state index >= 15 is 0 Å². The van der Waals surface area contributed by atoms with Crippen LogP contribution in [0.2, 0.25) is 0 Å². The standard InChI is InChI=1S/C20H31N3O3/c1-5-26-20(25)17-7-8-18(22-16(17)4)19(24)21-9-6-10-23-12-14(2)11-15(3)13-23/h7-8,14-15H,5-6,9-13H2,1-4H3,(H,21,24). The Morgan fingerprint density at radius 1 is 1.27 bits per heavy atom. The first kappa shape index (κ1) is 20.4. The van der Waals surface area contributed by atoms with E-state index in [1.165, 1.54) is 6.42 Å². The Balaban J connectivity index is 1.79. The van der Waals surface area contributed by atoms with Crippen LogP contribution in [0.3, 0.4) is 0 Å². The molecule has 1 N–H and O–H groups in total. The Morgan fingerprint density at radius 2 is 1.96 bits per heavy atom. The number of hydrogen-bond acceptors (Lipinski definition) is 5. The van der Waals surface area contributed by atoms with Crippen molar-refractivity contribution in [3.8, 4) is 0 Å². The second-order valence-corrected chi connectivity index (χ2v) is 7.37. The number of carbonyl (C=O) groups is 2. The molecular formula is C20H31N3O3. The van der Waals surface area contributed by atoms with Gasteiger partial charge in [0.25, 0.3) is 5.91 Å². The average Bonchev–Trinajstić information content (AvgIpc) is 2.57. The number of rotatable bonds is 7. The molecule has 1 fully saturated rings. The molecule has 1 aliphatic rings. The summed E-state index contributed by atoms with van der Waals surface area (Å²) in [4.78, 5) is 30.8. The number of aromatic nitrogens is 1. The molecule has 1 amide bonds. The molecule has 26 heavy (non-hydrogen) atoms. The molecule has 1 aromatic rings. The summed E-state index contributed by atoms with van der Waals surface area (Å²) in [6.07, 6.45) is 2.23. The van der Waals surface area contributed by atoms with Crippen molar-refractivity contribution < 1.29 is 14.3 Å². The Bertz CT molecular complexity index is 623. The summed E-state index contributed by atoms with van der Waals surface area (Å²) in [7, 11) is 0. The Hall–Kier alpha value is -1.95. The highest BCUT2D eigenvalue weighted by molar-refractivity contribution is 5.94. The van der Waals surface area contributed by atoms with E-state index in [1.54, 1.807) is 26.0 Å². The fourth-order valence-electron chi connectivity index (χ4n) is 3.68. The van der Waals surface area contributed by atoms with Gasteiger partial charge in [-0.2, -0.15) is 0 Å². The molecule has 0 radical (unpaired) electrons. The quantitative estimate of drug-likeness (QED) is 0.597. The Labute approximate surface area is 156 Å². The van der Waals surface area contributed by atoms with Crippen LogP contribution in [-0.4, -0.2) is 54.5 Å². The number of amides is 1. The molecule has 1 saturated heterocycles. The van der Waals surface area contributed by atoms with Gasteiger partial charge in [0.1, 0.15) is 5.69 Å². The zero-order chi connectivity index (χ0) is 19.1. The topological polar surface area (TPSA) is 71.5 Å². The maximum absolute atomic E-state index is 12.3. The largest absolute Gasteiger partial charge is 0.462 e. The highest BCUT2D eigenvalue weighted by atomic mass is 16.5. The maximum Gasteiger partial charge on any atom is 0.339 e. The average molecular weight is 361 g/mol. The monoisotopic (exact) mass is 361 g/mol. The van der Waals surface area contributed by atoms with Gasteiger partial charge in [0.15, 0.2) is 0 Å². The number of nitrogens with one attached hydrogen (secondary N) is 1. The van der Waals surface area contributed by atoms with Crippen molar-refractivity contribution in [3.05, 3.63) is 29.1 Å². The number of likely N-dealkylation sites (tertiary alicyclic amines) is 1. The Kier molecular flexibility index (Phi) is 7.57. The molecule has 2 heterocycles. The van der Waals surface area contributed by atoms with Crippen LogP contribution < -0.4 is 5.32 Å². The van der Waals surface area contributed by atoms with Crippen molar-refractivity contribution in [2.24, 2.45) is 11.8 Å². The second-order valence-electron chi connectivity index (χ2n) is 7.37. The predicted molar refractivity (Wildman–Crippen MR) is 101 cm³/mol. The first-order chi connectivity index (χ1) is 12.4. The van der Waals surface area contributed by atoms with Gasteiger partial charge in [-0.25, -0.2) is 9.78 Å². The van der Waals surface area contributed by atoms with Crippen molar-refractivity contribution in [3.63, 3.8) is 0 Å². The van der Waals surface area contributed by atoms with Gasteiger partial charge in [-0.1, -0.05) is 13.8 Å². The van der Waals surface area contributed by atoms with Gasteiger partial charge in [0.2, 0.25) is 0 Å². The van der Waals surface area contributed by atoms with Gasteiger partial charge in [0, 0.05) is 19.6 Å². The summed E-state index contributed by atoms with van der Waals surface area (Å²) < 4.78 is 4.98. The van der Waals surface area contributed by atoms with Crippen LogP contribution >= 0.6 is 0 Å². The van der Waals surface area contributed by atoms with E-state index in [-0.39, 0.29) is 5.91 Å². The van der Waals surface area contributed by atoms with Gasteiger partial charge in [-0.05, 0) is 57.2 Å².